The summed E-state index contributed by atoms with van der Waals surface area (Å²) in [6, 6.07) is 12.9. The van der Waals surface area contributed by atoms with E-state index in [0.29, 0.717) is 16.5 Å². The van der Waals surface area contributed by atoms with Crippen LogP contribution in [0.25, 0.3) is 11.0 Å². The summed E-state index contributed by atoms with van der Waals surface area (Å²) < 4.78 is 5.83. The molecular formula is C20H17NO3. The Labute approximate surface area is 139 Å². The number of carbonyl (C=O) groups excluding carboxylic acids is 1. The molecule has 0 saturated carbocycles. The highest BCUT2D eigenvalue weighted by Crippen LogP contribution is 2.36. The van der Waals surface area contributed by atoms with Crippen molar-refractivity contribution in [2.75, 3.05) is 7.05 Å². The molecule has 0 saturated heterocycles. The van der Waals surface area contributed by atoms with E-state index >= 15 is 0 Å². The molecule has 0 radical (unpaired) electrons. The van der Waals surface area contributed by atoms with Crippen LogP contribution < -0.4 is 5.43 Å². The normalized spacial score (nSPS) is 16.7. The van der Waals surface area contributed by atoms with Crippen molar-refractivity contribution in [1.29, 1.82) is 0 Å². The molecule has 0 spiro atoms. The minimum atomic E-state index is -0.407. The van der Waals surface area contributed by atoms with Crippen molar-refractivity contribution in [3.05, 3.63) is 80.7 Å². The van der Waals surface area contributed by atoms with Crippen LogP contribution in [0.2, 0.25) is 0 Å². The lowest BCUT2D eigenvalue weighted by atomic mass is 9.98. The summed E-state index contributed by atoms with van der Waals surface area (Å²) in [6.07, 6.45) is 0. The predicted octanol–water partition coefficient (Wildman–Crippen LogP) is 3.58. The molecule has 4 rings (SSSR count). The maximum Gasteiger partial charge on any atom is 0.290 e. The van der Waals surface area contributed by atoms with Gasteiger partial charge in [0.15, 0.2) is 5.43 Å². The maximum atomic E-state index is 13.0. The van der Waals surface area contributed by atoms with Gasteiger partial charge in [-0.25, -0.2) is 0 Å². The van der Waals surface area contributed by atoms with Crippen molar-refractivity contribution in [2.24, 2.45) is 0 Å². The van der Waals surface area contributed by atoms with Crippen LogP contribution in [0.5, 0.6) is 0 Å². The maximum absolute atomic E-state index is 13.0. The fourth-order valence-electron chi connectivity index (χ4n) is 3.33. The summed E-state index contributed by atoms with van der Waals surface area (Å²) in [4.78, 5) is 27.2. The number of hydrogen-bond donors (Lipinski definition) is 0. The van der Waals surface area contributed by atoms with Crippen molar-refractivity contribution in [3.63, 3.8) is 0 Å². The van der Waals surface area contributed by atoms with Gasteiger partial charge in [0.1, 0.15) is 5.58 Å². The molecule has 0 N–H and O–H groups in total. The fourth-order valence-corrected chi connectivity index (χ4v) is 3.33. The third-order valence-corrected chi connectivity index (χ3v) is 4.65. The molecule has 4 heteroatoms. The first-order chi connectivity index (χ1) is 11.5. The fraction of sp³-hybridized carbons (Fsp3) is 0.200. The van der Waals surface area contributed by atoms with Gasteiger partial charge < -0.3 is 9.32 Å². The molecule has 24 heavy (non-hydrogen) atoms. The number of fused-ring (bicyclic) bond motifs is 2. The van der Waals surface area contributed by atoms with Crippen LogP contribution >= 0.6 is 0 Å². The smallest absolute Gasteiger partial charge is 0.290 e. The second-order valence-corrected chi connectivity index (χ2v) is 6.40. The number of amides is 1. The molecule has 1 amide bonds. The average molecular weight is 319 g/mol. The molecule has 3 aromatic rings. The summed E-state index contributed by atoms with van der Waals surface area (Å²) in [6.45, 7) is 3.93. The Morgan fingerprint density at radius 3 is 2.33 bits per heavy atom. The van der Waals surface area contributed by atoms with Gasteiger partial charge in [0.05, 0.1) is 17.0 Å². The third kappa shape index (κ3) is 1.99. The van der Waals surface area contributed by atoms with Gasteiger partial charge in [-0.3, -0.25) is 9.59 Å². The molecule has 1 aromatic heterocycles. The highest BCUT2D eigenvalue weighted by molar-refractivity contribution is 5.98. The standard InChI is InChI=1S/C20H17NO3/c1-11-4-7-13(8-5-11)17-16-18(22)14-9-6-12(2)10-15(14)24-19(16)20(23)21(17)3/h4-10,17H,1-3H3. The molecule has 2 aromatic carbocycles. The SMILES string of the molecule is Cc1ccc(C2c3c(oc4cc(C)ccc4c3=O)C(=O)N2C)cc1. The van der Waals surface area contributed by atoms with Gasteiger partial charge in [0.25, 0.3) is 5.91 Å². The van der Waals surface area contributed by atoms with E-state index in [4.69, 9.17) is 4.42 Å². The van der Waals surface area contributed by atoms with Gasteiger partial charge in [-0.15, -0.1) is 0 Å². The molecule has 2 heterocycles. The number of nitrogens with zero attached hydrogens (tertiary/aromatic N) is 1. The van der Waals surface area contributed by atoms with Gasteiger partial charge in [-0.05, 0) is 37.1 Å². The zero-order valence-electron chi connectivity index (χ0n) is 13.8. The van der Waals surface area contributed by atoms with Crippen molar-refractivity contribution < 1.29 is 9.21 Å². The van der Waals surface area contributed by atoms with Gasteiger partial charge in [-0.2, -0.15) is 0 Å². The van der Waals surface area contributed by atoms with E-state index < -0.39 is 6.04 Å². The van der Waals surface area contributed by atoms with Gasteiger partial charge in [-0.1, -0.05) is 35.9 Å². The zero-order valence-corrected chi connectivity index (χ0v) is 13.8. The summed E-state index contributed by atoms with van der Waals surface area (Å²) in [5.74, 6) is -0.0951. The summed E-state index contributed by atoms with van der Waals surface area (Å²) in [5, 5.41) is 0.513. The van der Waals surface area contributed by atoms with Crippen LogP contribution in [0.3, 0.4) is 0 Å². The number of hydrogen-bond acceptors (Lipinski definition) is 3. The van der Waals surface area contributed by atoms with Gasteiger partial charge in [0, 0.05) is 7.05 Å². The van der Waals surface area contributed by atoms with Crippen LogP contribution in [0.4, 0.5) is 0 Å². The molecule has 1 unspecified atom stereocenters. The van der Waals surface area contributed by atoms with Crippen molar-refractivity contribution in [3.8, 4) is 0 Å². The second-order valence-electron chi connectivity index (χ2n) is 6.40. The van der Waals surface area contributed by atoms with E-state index in [9.17, 15) is 9.59 Å². The summed E-state index contributed by atoms with van der Waals surface area (Å²) >= 11 is 0. The third-order valence-electron chi connectivity index (χ3n) is 4.65. The number of aryl methyl sites for hydroxylation is 2. The summed E-state index contributed by atoms with van der Waals surface area (Å²) in [5.41, 5.74) is 3.79. The largest absolute Gasteiger partial charge is 0.450 e. The summed E-state index contributed by atoms with van der Waals surface area (Å²) in [7, 11) is 1.71. The number of rotatable bonds is 1. The number of benzene rings is 2. The second kappa shape index (κ2) is 5.06. The van der Waals surface area contributed by atoms with E-state index in [1.165, 1.54) is 0 Å². The van der Waals surface area contributed by atoms with Crippen molar-refractivity contribution in [2.45, 2.75) is 19.9 Å². The molecule has 0 fully saturated rings. The molecule has 0 aliphatic carbocycles. The number of carbonyl (C=O) groups is 1. The van der Waals surface area contributed by atoms with Crippen LogP contribution in [-0.2, 0) is 0 Å². The van der Waals surface area contributed by atoms with E-state index in [0.717, 1.165) is 16.7 Å². The molecular weight excluding hydrogens is 302 g/mol. The van der Waals surface area contributed by atoms with Crippen LogP contribution in [-0.4, -0.2) is 17.9 Å². The zero-order chi connectivity index (χ0) is 17.0. The van der Waals surface area contributed by atoms with Crippen molar-refractivity contribution >= 4 is 16.9 Å². The molecule has 1 atom stereocenters. The minimum Gasteiger partial charge on any atom is -0.450 e. The molecule has 4 nitrogen and oxygen atoms in total. The Bertz CT molecular complexity index is 1030. The lowest BCUT2D eigenvalue weighted by molar-refractivity contribution is 0.0771. The van der Waals surface area contributed by atoms with E-state index in [2.05, 4.69) is 0 Å². The van der Waals surface area contributed by atoms with E-state index in [-0.39, 0.29) is 17.1 Å². The molecule has 1 aliphatic heterocycles. The Hall–Kier alpha value is -2.88. The Morgan fingerprint density at radius 1 is 0.958 bits per heavy atom. The predicted molar refractivity (Wildman–Crippen MR) is 92.3 cm³/mol. The first-order valence-corrected chi connectivity index (χ1v) is 7.88. The van der Waals surface area contributed by atoms with Crippen LogP contribution in [0, 0.1) is 13.8 Å². The van der Waals surface area contributed by atoms with Crippen molar-refractivity contribution in [1.82, 2.24) is 4.90 Å². The van der Waals surface area contributed by atoms with Crippen LogP contribution in [0.15, 0.2) is 51.7 Å². The first kappa shape index (κ1) is 14.7. The highest BCUT2D eigenvalue weighted by atomic mass is 16.3. The quantitative estimate of drug-likeness (QED) is 0.689. The lowest BCUT2D eigenvalue weighted by Crippen LogP contribution is -2.25. The highest BCUT2D eigenvalue weighted by Gasteiger charge is 2.40. The molecule has 1 aliphatic rings. The Kier molecular flexibility index (Phi) is 3.10. The Morgan fingerprint density at radius 2 is 1.62 bits per heavy atom. The van der Waals surface area contributed by atoms with E-state index in [1.807, 2.05) is 44.2 Å². The monoisotopic (exact) mass is 319 g/mol. The topological polar surface area (TPSA) is 50.5 Å². The Balaban J connectivity index is 2.02. The van der Waals surface area contributed by atoms with Gasteiger partial charge in [0.2, 0.25) is 5.76 Å². The average Bonchev–Trinajstić information content (AvgIpc) is 2.81. The van der Waals surface area contributed by atoms with E-state index in [1.54, 1.807) is 24.1 Å². The first-order valence-electron chi connectivity index (χ1n) is 7.88. The molecule has 120 valence electrons. The lowest BCUT2D eigenvalue weighted by Gasteiger charge is -2.20. The van der Waals surface area contributed by atoms with Crippen LogP contribution in [0.1, 0.15) is 38.9 Å². The van der Waals surface area contributed by atoms with Gasteiger partial charge >= 0.3 is 0 Å². The molecule has 0 bridgehead atoms. The minimum absolute atomic E-state index is 0.130.